The summed E-state index contributed by atoms with van der Waals surface area (Å²) >= 11 is 0. The Morgan fingerprint density at radius 1 is 0.833 bits per heavy atom. The topological polar surface area (TPSA) is 0 Å². The van der Waals surface area contributed by atoms with Crippen molar-refractivity contribution >= 4 is 0 Å². The third-order valence-corrected chi connectivity index (χ3v) is 1.40. The van der Waals surface area contributed by atoms with E-state index in [4.69, 9.17) is 0 Å². The molecule has 0 fully saturated rings. The Morgan fingerprint density at radius 2 is 1.08 bits per heavy atom. The van der Waals surface area contributed by atoms with Crippen LogP contribution in [0.15, 0.2) is 48.6 Å². The van der Waals surface area contributed by atoms with Gasteiger partial charge in [-0.15, -0.1) is 0 Å². The maximum absolute atomic E-state index is 3.69. The first-order valence-electron chi connectivity index (χ1n) is 4.38. The molecule has 0 nitrogen and oxygen atoms in total. The highest BCUT2D eigenvalue weighted by atomic mass is 14.0. The quantitative estimate of drug-likeness (QED) is 0.546. The highest BCUT2D eigenvalue weighted by Crippen LogP contribution is 2.10. The van der Waals surface area contributed by atoms with Gasteiger partial charge < -0.3 is 0 Å². The molecule has 0 heteroatoms. The summed E-state index contributed by atoms with van der Waals surface area (Å²) in [6.07, 6.45) is 7.70. The van der Waals surface area contributed by atoms with Gasteiger partial charge in [-0.1, -0.05) is 51.3 Å². The zero-order chi connectivity index (χ0) is 9.98. The minimum atomic E-state index is 1.14. The summed E-state index contributed by atoms with van der Waals surface area (Å²) < 4.78 is 0. The zero-order valence-corrected chi connectivity index (χ0v) is 8.72. The summed E-state index contributed by atoms with van der Waals surface area (Å²) in [5.74, 6) is 0. The Morgan fingerprint density at radius 3 is 1.17 bits per heavy atom. The summed E-state index contributed by atoms with van der Waals surface area (Å²) in [4.78, 5) is 0. The Hall–Kier alpha value is -1.04. The first-order chi connectivity index (χ1) is 5.79. The molecule has 0 saturated carbocycles. The monoisotopic (exact) mass is 164 g/mol. The predicted molar refractivity (Wildman–Crippen MR) is 59.3 cm³/mol. The SMILES string of the molecule is C=CC(=C/C)/C(C=C)=C\C.CC. The molecule has 0 aromatic heterocycles. The van der Waals surface area contributed by atoms with E-state index in [-0.39, 0.29) is 0 Å². The average molecular weight is 164 g/mol. The lowest BCUT2D eigenvalue weighted by molar-refractivity contribution is 1.48. The van der Waals surface area contributed by atoms with Crippen LogP contribution in [-0.2, 0) is 0 Å². The Kier molecular flexibility index (Phi) is 11.2. The minimum Gasteiger partial charge on any atom is -0.0985 e. The van der Waals surface area contributed by atoms with E-state index in [0.717, 1.165) is 11.1 Å². The maximum atomic E-state index is 3.69. The van der Waals surface area contributed by atoms with Gasteiger partial charge in [0, 0.05) is 0 Å². The van der Waals surface area contributed by atoms with Crippen LogP contribution in [-0.4, -0.2) is 0 Å². The van der Waals surface area contributed by atoms with Crippen molar-refractivity contribution in [3.05, 3.63) is 48.6 Å². The van der Waals surface area contributed by atoms with Gasteiger partial charge >= 0.3 is 0 Å². The van der Waals surface area contributed by atoms with Gasteiger partial charge in [-0.2, -0.15) is 0 Å². The van der Waals surface area contributed by atoms with Crippen molar-refractivity contribution < 1.29 is 0 Å². The van der Waals surface area contributed by atoms with Crippen molar-refractivity contribution in [3.8, 4) is 0 Å². The van der Waals surface area contributed by atoms with Crippen molar-refractivity contribution in [2.24, 2.45) is 0 Å². The average Bonchev–Trinajstić information content (AvgIpc) is 2.17. The second-order valence-corrected chi connectivity index (χ2v) is 1.90. The second-order valence-electron chi connectivity index (χ2n) is 1.90. The predicted octanol–water partition coefficient (Wildman–Crippen LogP) is 4.28. The molecule has 0 aliphatic rings. The molecule has 0 radical (unpaired) electrons. The summed E-state index contributed by atoms with van der Waals surface area (Å²) in [5.41, 5.74) is 2.27. The van der Waals surface area contributed by atoms with Crippen molar-refractivity contribution in [3.63, 3.8) is 0 Å². The van der Waals surface area contributed by atoms with Gasteiger partial charge in [0.2, 0.25) is 0 Å². The van der Waals surface area contributed by atoms with Crippen molar-refractivity contribution in [1.29, 1.82) is 0 Å². The maximum Gasteiger partial charge on any atom is -0.0236 e. The van der Waals surface area contributed by atoms with E-state index in [9.17, 15) is 0 Å². The third kappa shape index (κ3) is 4.73. The molecule has 0 saturated heterocycles. The number of hydrogen-bond acceptors (Lipinski definition) is 0. The molecule has 0 amide bonds. The van der Waals surface area contributed by atoms with Gasteiger partial charge in [-0.3, -0.25) is 0 Å². The molecule has 0 N–H and O–H groups in total. The van der Waals surface area contributed by atoms with E-state index in [1.807, 2.05) is 52.0 Å². The number of rotatable bonds is 3. The zero-order valence-electron chi connectivity index (χ0n) is 8.72. The molecule has 0 aliphatic carbocycles. The van der Waals surface area contributed by atoms with Gasteiger partial charge in [0.25, 0.3) is 0 Å². The van der Waals surface area contributed by atoms with Gasteiger partial charge in [0.05, 0.1) is 0 Å². The molecule has 0 spiro atoms. The molecule has 0 heterocycles. The minimum absolute atomic E-state index is 1.14. The Bertz CT molecular complexity index is 158. The molecule has 0 bridgehead atoms. The molecule has 0 aliphatic heterocycles. The lowest BCUT2D eigenvalue weighted by Gasteiger charge is -1.98. The van der Waals surface area contributed by atoms with Crippen LogP contribution in [0.25, 0.3) is 0 Å². The van der Waals surface area contributed by atoms with Gasteiger partial charge in [0.1, 0.15) is 0 Å². The summed E-state index contributed by atoms with van der Waals surface area (Å²) in [7, 11) is 0. The van der Waals surface area contributed by atoms with E-state index >= 15 is 0 Å². The van der Waals surface area contributed by atoms with E-state index < -0.39 is 0 Å². The number of allylic oxidation sites excluding steroid dienone is 6. The molecule has 0 rings (SSSR count). The first-order valence-corrected chi connectivity index (χ1v) is 4.38. The van der Waals surface area contributed by atoms with Crippen LogP contribution < -0.4 is 0 Å². The summed E-state index contributed by atoms with van der Waals surface area (Å²) in [5, 5.41) is 0. The fourth-order valence-corrected chi connectivity index (χ4v) is 0.805. The van der Waals surface area contributed by atoms with Crippen molar-refractivity contribution in [2.75, 3.05) is 0 Å². The Balaban J connectivity index is 0. The van der Waals surface area contributed by atoms with E-state index in [1.54, 1.807) is 0 Å². The molecule has 0 atom stereocenters. The van der Waals surface area contributed by atoms with E-state index in [1.165, 1.54) is 0 Å². The van der Waals surface area contributed by atoms with Crippen LogP contribution in [0.2, 0.25) is 0 Å². The third-order valence-electron chi connectivity index (χ3n) is 1.40. The highest BCUT2D eigenvalue weighted by molar-refractivity contribution is 5.44. The fraction of sp³-hybridized carbons (Fsp3) is 0.333. The highest BCUT2D eigenvalue weighted by Gasteiger charge is 1.91. The van der Waals surface area contributed by atoms with E-state index in [0.29, 0.717) is 0 Å². The smallest absolute Gasteiger partial charge is 0.0236 e. The molecular formula is C12H20. The second kappa shape index (κ2) is 9.96. The van der Waals surface area contributed by atoms with Crippen LogP contribution in [0.5, 0.6) is 0 Å². The Labute approximate surface area is 77.0 Å². The first kappa shape index (κ1) is 13.5. The van der Waals surface area contributed by atoms with Crippen molar-refractivity contribution in [1.82, 2.24) is 0 Å². The van der Waals surface area contributed by atoms with Gasteiger partial charge in [-0.05, 0) is 25.0 Å². The number of hydrogen-bond donors (Lipinski definition) is 0. The van der Waals surface area contributed by atoms with E-state index in [2.05, 4.69) is 13.2 Å². The lowest BCUT2D eigenvalue weighted by Crippen LogP contribution is -1.79. The van der Waals surface area contributed by atoms with Crippen LogP contribution in [0.4, 0.5) is 0 Å². The largest absolute Gasteiger partial charge is 0.0985 e. The van der Waals surface area contributed by atoms with Crippen LogP contribution in [0.3, 0.4) is 0 Å². The van der Waals surface area contributed by atoms with Gasteiger partial charge in [-0.25, -0.2) is 0 Å². The van der Waals surface area contributed by atoms with Gasteiger partial charge in [0.15, 0.2) is 0 Å². The van der Waals surface area contributed by atoms with Crippen LogP contribution >= 0.6 is 0 Å². The standard InChI is InChI=1S/C10H14.C2H6/c1-5-9(6-2)10(7-3)8-4;1-2/h5-8H,1,3H2,2,4H3;1-2H3/b9-6-,10-8-;. The van der Waals surface area contributed by atoms with Crippen molar-refractivity contribution in [2.45, 2.75) is 27.7 Å². The molecule has 12 heavy (non-hydrogen) atoms. The fourth-order valence-electron chi connectivity index (χ4n) is 0.805. The molecule has 68 valence electrons. The van der Waals surface area contributed by atoms with Crippen LogP contribution in [0, 0.1) is 0 Å². The molecular weight excluding hydrogens is 144 g/mol. The summed E-state index contributed by atoms with van der Waals surface area (Å²) in [6, 6.07) is 0. The van der Waals surface area contributed by atoms with Crippen LogP contribution in [0.1, 0.15) is 27.7 Å². The normalized spacial score (nSPS) is 11.3. The molecule has 0 aromatic rings. The summed E-state index contributed by atoms with van der Waals surface area (Å²) in [6.45, 7) is 15.4. The molecule has 0 unspecified atom stereocenters. The molecule has 0 aromatic carbocycles. The lowest BCUT2D eigenvalue weighted by atomic mass is 10.1.